The van der Waals surface area contributed by atoms with Crippen molar-refractivity contribution in [2.75, 3.05) is 21.3 Å². The van der Waals surface area contributed by atoms with E-state index in [1.165, 1.54) is 49.1 Å². The highest BCUT2D eigenvalue weighted by Gasteiger charge is 2.33. The zero-order valence-corrected chi connectivity index (χ0v) is 29.6. The Hall–Kier alpha value is -5.50. The number of rotatable bonds is 12. The quantitative estimate of drug-likeness (QED) is 0.0408. The van der Waals surface area contributed by atoms with Gasteiger partial charge in [0.15, 0.2) is 0 Å². The average molecular weight is 784 g/mol. The first kappa shape index (κ1) is 36.3. The van der Waals surface area contributed by atoms with E-state index in [4.69, 9.17) is 23.2 Å². The summed E-state index contributed by atoms with van der Waals surface area (Å²) in [6.45, 7) is 0. The Balaban J connectivity index is 1.32. The van der Waals surface area contributed by atoms with Crippen LogP contribution in [0.5, 0.6) is 0 Å². The molecule has 52 heavy (non-hydrogen) atoms. The van der Waals surface area contributed by atoms with Gasteiger partial charge in [-0.3, -0.25) is 9.11 Å². The summed E-state index contributed by atoms with van der Waals surface area (Å²) in [5.41, 5.74) is 1.50. The van der Waals surface area contributed by atoms with Crippen molar-refractivity contribution in [3.8, 4) is 0 Å². The number of hydrogen-bond donors (Lipinski definition) is 8. The highest BCUT2D eigenvalue weighted by molar-refractivity contribution is 7.86. The van der Waals surface area contributed by atoms with Gasteiger partial charge in [-0.1, -0.05) is 60.7 Å². The minimum atomic E-state index is -4.84. The smallest absolute Gasteiger partial charge is 0.312 e. The first-order valence-electron chi connectivity index (χ1n) is 15.0. The molecule has 268 valence electrons. The zero-order chi connectivity index (χ0) is 37.0. The summed E-state index contributed by atoms with van der Waals surface area (Å²) in [6, 6.07) is 25.8. The van der Waals surface area contributed by atoms with Crippen LogP contribution >= 0.6 is 23.2 Å². The lowest BCUT2D eigenvalue weighted by Gasteiger charge is -2.31. The number of halogens is 2. The van der Waals surface area contributed by atoms with E-state index < -0.39 is 41.8 Å². The molecule has 0 saturated carbocycles. The van der Waals surface area contributed by atoms with Crippen molar-refractivity contribution >= 4 is 102 Å². The molecule has 0 spiro atoms. The summed E-state index contributed by atoms with van der Waals surface area (Å²) < 4.78 is 70.7. The molecule has 4 aromatic rings. The Morgan fingerprint density at radius 3 is 1.27 bits per heavy atom. The number of aliphatic imine (C=N–C) groups is 4. The van der Waals surface area contributed by atoms with Crippen molar-refractivity contribution in [1.29, 1.82) is 0 Å². The molecule has 6 rings (SSSR count). The molecule has 2 aliphatic heterocycles. The fourth-order valence-electron chi connectivity index (χ4n) is 5.04. The number of amidine groups is 2. The van der Waals surface area contributed by atoms with Gasteiger partial charge in [0.25, 0.3) is 20.2 Å². The fourth-order valence-corrected chi connectivity index (χ4v) is 6.80. The Kier molecular flexibility index (Phi) is 10.2. The van der Waals surface area contributed by atoms with Gasteiger partial charge in [-0.15, -0.1) is 0 Å². The van der Waals surface area contributed by atoms with Crippen molar-refractivity contribution in [1.82, 2.24) is 10.6 Å². The minimum Gasteiger partial charge on any atom is -0.325 e. The van der Waals surface area contributed by atoms with E-state index in [9.17, 15) is 25.9 Å². The summed E-state index contributed by atoms with van der Waals surface area (Å²) >= 11 is 12.3. The van der Waals surface area contributed by atoms with E-state index in [0.717, 1.165) is 12.1 Å². The number of benzene rings is 4. The third-order valence-electron chi connectivity index (χ3n) is 7.24. The van der Waals surface area contributed by atoms with Gasteiger partial charge in [-0.2, -0.15) is 26.8 Å². The summed E-state index contributed by atoms with van der Waals surface area (Å²) in [6.07, 6.45) is 5.13. The molecule has 0 aromatic heterocycles. The number of para-hydroxylation sites is 2. The second-order valence-electron chi connectivity index (χ2n) is 11.0. The number of hydrogen-bond acceptors (Lipinski definition) is 14. The lowest BCUT2D eigenvalue weighted by atomic mass is 10.1. The van der Waals surface area contributed by atoms with E-state index in [1.54, 1.807) is 48.5 Å². The predicted molar refractivity (Wildman–Crippen MR) is 204 cm³/mol. The van der Waals surface area contributed by atoms with Crippen molar-refractivity contribution in [3.63, 3.8) is 0 Å². The molecule has 2 unspecified atom stereocenters. The molecule has 0 amide bonds. The molecular formula is C32H28Cl2N10O6S2. The van der Waals surface area contributed by atoms with Crippen LogP contribution in [0.15, 0.2) is 127 Å². The maximum absolute atomic E-state index is 12.6. The van der Waals surface area contributed by atoms with Gasteiger partial charge in [0.05, 0.1) is 12.7 Å². The van der Waals surface area contributed by atoms with Gasteiger partial charge in [0.2, 0.25) is 10.6 Å². The van der Waals surface area contributed by atoms with Crippen LogP contribution in [0.3, 0.4) is 0 Å². The van der Waals surface area contributed by atoms with Crippen molar-refractivity contribution in [2.45, 2.75) is 21.6 Å². The second-order valence-corrected chi connectivity index (χ2v) is 14.5. The van der Waals surface area contributed by atoms with Crippen molar-refractivity contribution < 1.29 is 25.9 Å². The minimum absolute atomic E-state index is 0.0148. The van der Waals surface area contributed by atoms with Crippen LogP contribution in [0.25, 0.3) is 12.2 Å². The topological polar surface area (TPSA) is 230 Å². The summed E-state index contributed by atoms with van der Waals surface area (Å²) in [5, 5.41) is 17.5. The van der Waals surface area contributed by atoms with Crippen molar-refractivity contribution in [2.24, 2.45) is 20.0 Å². The molecule has 0 radical (unpaired) electrons. The van der Waals surface area contributed by atoms with Gasteiger partial charge in [-0.25, -0.2) is 9.98 Å². The molecule has 8 N–H and O–H groups in total. The largest absolute Gasteiger partial charge is 0.325 e. The summed E-state index contributed by atoms with van der Waals surface area (Å²) in [5.74, 6) is -3.22. The Bertz CT molecular complexity index is 2200. The number of nitrogens with zero attached hydrogens (tertiary/aromatic N) is 4. The van der Waals surface area contributed by atoms with Gasteiger partial charge in [0.1, 0.15) is 9.79 Å². The van der Waals surface area contributed by atoms with E-state index in [-0.39, 0.29) is 33.1 Å². The molecule has 0 aliphatic carbocycles. The van der Waals surface area contributed by atoms with Gasteiger partial charge < -0.3 is 31.9 Å². The number of anilines is 4. The second kappa shape index (κ2) is 14.6. The maximum Gasteiger partial charge on any atom is 0.312 e. The zero-order valence-electron chi connectivity index (χ0n) is 26.4. The van der Waals surface area contributed by atoms with Crippen LogP contribution in [-0.4, -0.2) is 61.0 Å². The van der Waals surface area contributed by atoms with Gasteiger partial charge in [0, 0.05) is 22.7 Å². The Labute approximate surface area is 308 Å². The van der Waals surface area contributed by atoms with Gasteiger partial charge in [-0.05, 0) is 82.9 Å². The van der Waals surface area contributed by atoms with E-state index >= 15 is 0 Å². The van der Waals surface area contributed by atoms with E-state index in [2.05, 4.69) is 51.9 Å². The SMILES string of the molecule is O=S(=O)(O)c1cc(NC2(Nc3ccccc3)N=CNC(Cl)=N2)ccc1C=Cc1ccc(NC2(Nc3ccccc3)N=CNC(Cl)=N2)cc1S(=O)(=O)O. The van der Waals surface area contributed by atoms with E-state index in [1.807, 2.05) is 12.1 Å². The molecule has 0 bridgehead atoms. The van der Waals surface area contributed by atoms with Crippen LogP contribution in [0.4, 0.5) is 22.7 Å². The molecule has 16 nitrogen and oxygen atoms in total. The normalized spacial score (nSPS) is 19.9. The standard InChI is InChI=1S/C32H28Cl2N10O6S2/c33-29-35-19-37-31(43-29,39-23-7-3-1-4-8-23)41-25-15-13-21(27(17-25)51(45,46)47)11-12-22-14-16-26(18-28(22)52(48,49)50)42-32(38-20-36-30(34)44-32)40-24-9-5-2-6-10-24/h1-20,39-42H,(H,35,37,43)(H,36,38,44)(H,45,46,47)(H,48,49,50). The molecule has 0 fully saturated rings. The maximum atomic E-state index is 12.6. The molecule has 4 aromatic carbocycles. The Morgan fingerprint density at radius 1 is 0.558 bits per heavy atom. The van der Waals surface area contributed by atoms with Crippen LogP contribution in [0.2, 0.25) is 0 Å². The molecule has 0 saturated heterocycles. The van der Waals surface area contributed by atoms with Crippen LogP contribution in [0, 0.1) is 0 Å². The predicted octanol–water partition coefficient (Wildman–Crippen LogP) is 5.07. The summed E-state index contributed by atoms with van der Waals surface area (Å²) in [4.78, 5) is 16.2. The molecule has 20 heteroatoms. The number of nitrogens with one attached hydrogen (secondary N) is 6. The van der Waals surface area contributed by atoms with E-state index in [0.29, 0.717) is 11.4 Å². The average Bonchev–Trinajstić information content (AvgIpc) is 3.08. The third kappa shape index (κ3) is 8.86. The monoisotopic (exact) mass is 782 g/mol. The lowest BCUT2D eigenvalue weighted by molar-refractivity contribution is 0.480. The lowest BCUT2D eigenvalue weighted by Crippen LogP contribution is -2.47. The van der Waals surface area contributed by atoms with Crippen LogP contribution in [-0.2, 0) is 20.2 Å². The highest BCUT2D eigenvalue weighted by Crippen LogP contribution is 2.31. The van der Waals surface area contributed by atoms with Crippen LogP contribution < -0.4 is 31.9 Å². The molecule has 2 heterocycles. The molecular weight excluding hydrogens is 755 g/mol. The first-order chi connectivity index (χ1) is 24.7. The Morgan fingerprint density at radius 2 is 0.923 bits per heavy atom. The van der Waals surface area contributed by atoms with Gasteiger partial charge >= 0.3 is 11.8 Å². The molecule has 2 atom stereocenters. The molecule has 2 aliphatic rings. The summed E-state index contributed by atoms with van der Waals surface area (Å²) in [7, 11) is -9.68. The first-order valence-corrected chi connectivity index (χ1v) is 18.6. The van der Waals surface area contributed by atoms with Crippen molar-refractivity contribution in [3.05, 3.63) is 108 Å². The fraction of sp³-hybridized carbons (Fsp3) is 0.0625. The third-order valence-corrected chi connectivity index (χ3v) is 9.44. The van der Waals surface area contributed by atoms with Crippen LogP contribution in [0.1, 0.15) is 11.1 Å². The highest BCUT2D eigenvalue weighted by atomic mass is 35.5.